The smallest absolute Gasteiger partial charge is 0.337 e. The summed E-state index contributed by atoms with van der Waals surface area (Å²) in [4.78, 5) is 38.0. The number of amides is 2. The van der Waals surface area contributed by atoms with Crippen molar-refractivity contribution in [1.82, 2.24) is 0 Å². The summed E-state index contributed by atoms with van der Waals surface area (Å²) < 4.78 is 4.68. The standard InChI is InChI=1S/C19H17ClN2O4/c1-26-19(25)12-4-2-5-14(10-12)21-18(24)15-8-7-13(20)11-16(15)22-9-3-6-17(22)23/h2,4-5,7-8,10-11H,3,6,9H2,1H3,(H,21,24). The monoisotopic (exact) mass is 372 g/mol. The Hall–Kier alpha value is -2.86. The highest BCUT2D eigenvalue weighted by molar-refractivity contribution is 6.31. The third-order valence-corrected chi connectivity index (χ3v) is 4.35. The molecule has 2 amide bonds. The number of nitrogens with one attached hydrogen (secondary N) is 1. The van der Waals surface area contributed by atoms with Gasteiger partial charge in [0.15, 0.2) is 0 Å². The van der Waals surface area contributed by atoms with Crippen LogP contribution in [0.4, 0.5) is 11.4 Å². The van der Waals surface area contributed by atoms with Crippen molar-refractivity contribution in [2.24, 2.45) is 0 Å². The van der Waals surface area contributed by atoms with Gasteiger partial charge in [0.05, 0.1) is 23.9 Å². The van der Waals surface area contributed by atoms with Crippen LogP contribution in [0.3, 0.4) is 0 Å². The van der Waals surface area contributed by atoms with Crippen molar-refractivity contribution < 1.29 is 19.1 Å². The molecule has 0 spiro atoms. The summed E-state index contributed by atoms with van der Waals surface area (Å²) in [7, 11) is 1.29. The van der Waals surface area contributed by atoms with Gasteiger partial charge in [0.25, 0.3) is 5.91 Å². The maximum atomic E-state index is 12.8. The van der Waals surface area contributed by atoms with Crippen LogP contribution in [-0.2, 0) is 9.53 Å². The minimum atomic E-state index is -0.490. The second-order valence-electron chi connectivity index (χ2n) is 5.84. The van der Waals surface area contributed by atoms with E-state index in [1.165, 1.54) is 13.2 Å². The SMILES string of the molecule is COC(=O)c1cccc(NC(=O)c2ccc(Cl)cc2N2CCCC2=O)c1. The number of esters is 1. The van der Waals surface area contributed by atoms with Crippen molar-refractivity contribution in [2.75, 3.05) is 23.9 Å². The lowest BCUT2D eigenvalue weighted by atomic mass is 10.1. The number of benzene rings is 2. The predicted molar refractivity (Wildman–Crippen MR) is 98.8 cm³/mol. The molecule has 6 nitrogen and oxygen atoms in total. The van der Waals surface area contributed by atoms with Gasteiger partial charge >= 0.3 is 5.97 Å². The predicted octanol–water partition coefficient (Wildman–Crippen LogP) is 3.51. The van der Waals surface area contributed by atoms with Crippen LogP contribution in [0.2, 0.25) is 5.02 Å². The van der Waals surface area contributed by atoms with Crippen LogP contribution in [0.5, 0.6) is 0 Å². The Labute approximate surface area is 155 Å². The van der Waals surface area contributed by atoms with E-state index in [2.05, 4.69) is 10.1 Å². The highest BCUT2D eigenvalue weighted by atomic mass is 35.5. The fourth-order valence-corrected chi connectivity index (χ4v) is 3.03. The molecule has 26 heavy (non-hydrogen) atoms. The highest BCUT2D eigenvalue weighted by Crippen LogP contribution is 2.29. The van der Waals surface area contributed by atoms with E-state index < -0.39 is 11.9 Å². The molecule has 1 saturated heterocycles. The Balaban J connectivity index is 1.89. The van der Waals surface area contributed by atoms with E-state index >= 15 is 0 Å². The third-order valence-electron chi connectivity index (χ3n) is 4.11. The largest absolute Gasteiger partial charge is 0.465 e. The van der Waals surface area contributed by atoms with Crippen LogP contribution < -0.4 is 10.2 Å². The lowest BCUT2D eigenvalue weighted by molar-refractivity contribution is -0.117. The molecule has 1 heterocycles. The Kier molecular flexibility index (Phi) is 5.23. The van der Waals surface area contributed by atoms with Gasteiger partial charge in [-0.05, 0) is 42.8 Å². The first-order chi connectivity index (χ1) is 12.5. The summed E-state index contributed by atoms with van der Waals surface area (Å²) in [6.07, 6.45) is 1.20. The second kappa shape index (κ2) is 7.58. The topological polar surface area (TPSA) is 75.7 Å². The molecule has 0 unspecified atom stereocenters. The molecule has 1 fully saturated rings. The van der Waals surface area contributed by atoms with Gasteiger partial charge in [-0.3, -0.25) is 9.59 Å². The summed E-state index contributed by atoms with van der Waals surface area (Å²) in [6.45, 7) is 0.553. The molecule has 0 aliphatic carbocycles. The van der Waals surface area contributed by atoms with Gasteiger partial charge in [-0.2, -0.15) is 0 Å². The van der Waals surface area contributed by atoms with Gasteiger partial charge in [0.1, 0.15) is 0 Å². The van der Waals surface area contributed by atoms with E-state index in [4.69, 9.17) is 11.6 Å². The Morgan fingerprint density at radius 1 is 1.19 bits per heavy atom. The first-order valence-electron chi connectivity index (χ1n) is 8.09. The molecule has 1 aliphatic rings. The van der Waals surface area contributed by atoms with Gasteiger partial charge in [0, 0.05) is 23.7 Å². The number of nitrogens with zero attached hydrogens (tertiary/aromatic N) is 1. The molecule has 1 aliphatic heterocycles. The molecule has 134 valence electrons. The number of hydrogen-bond acceptors (Lipinski definition) is 4. The molecule has 7 heteroatoms. The molecule has 1 N–H and O–H groups in total. The van der Waals surface area contributed by atoms with Gasteiger partial charge in [-0.15, -0.1) is 0 Å². The van der Waals surface area contributed by atoms with E-state index in [1.807, 2.05) is 0 Å². The number of methoxy groups -OCH3 is 1. The zero-order valence-electron chi connectivity index (χ0n) is 14.1. The fourth-order valence-electron chi connectivity index (χ4n) is 2.86. The number of rotatable bonds is 4. The van der Waals surface area contributed by atoms with E-state index in [1.54, 1.807) is 41.3 Å². The zero-order valence-corrected chi connectivity index (χ0v) is 14.9. The summed E-state index contributed by atoms with van der Waals surface area (Å²) in [5.41, 5.74) is 1.61. The van der Waals surface area contributed by atoms with Gasteiger partial charge in [0.2, 0.25) is 5.91 Å². The number of carbonyl (C=O) groups is 3. The second-order valence-corrected chi connectivity index (χ2v) is 6.27. The summed E-state index contributed by atoms with van der Waals surface area (Å²) in [5, 5.41) is 3.20. The van der Waals surface area contributed by atoms with Crippen LogP contribution >= 0.6 is 11.6 Å². The number of carbonyl (C=O) groups excluding carboxylic acids is 3. The number of halogens is 1. The highest BCUT2D eigenvalue weighted by Gasteiger charge is 2.26. The minimum absolute atomic E-state index is 0.0333. The van der Waals surface area contributed by atoms with E-state index in [0.29, 0.717) is 40.5 Å². The molecule has 2 aromatic rings. The van der Waals surface area contributed by atoms with Crippen molar-refractivity contribution in [3.8, 4) is 0 Å². The van der Waals surface area contributed by atoms with Gasteiger partial charge in [-0.25, -0.2) is 4.79 Å². The Bertz CT molecular complexity index is 882. The maximum absolute atomic E-state index is 12.8. The van der Waals surface area contributed by atoms with E-state index in [-0.39, 0.29) is 5.91 Å². The van der Waals surface area contributed by atoms with Crippen LogP contribution in [0.15, 0.2) is 42.5 Å². The van der Waals surface area contributed by atoms with Crippen LogP contribution in [0, 0.1) is 0 Å². The zero-order chi connectivity index (χ0) is 18.7. The quantitative estimate of drug-likeness (QED) is 0.833. The molecule has 2 aromatic carbocycles. The molecule has 0 radical (unpaired) electrons. The molecule has 0 bridgehead atoms. The Morgan fingerprint density at radius 2 is 2.00 bits per heavy atom. The summed E-state index contributed by atoms with van der Waals surface area (Å²) in [6, 6.07) is 11.2. The third kappa shape index (κ3) is 3.70. The Morgan fingerprint density at radius 3 is 2.69 bits per heavy atom. The van der Waals surface area contributed by atoms with Crippen molar-refractivity contribution in [2.45, 2.75) is 12.8 Å². The first kappa shape index (κ1) is 17.9. The van der Waals surface area contributed by atoms with E-state index in [9.17, 15) is 14.4 Å². The van der Waals surface area contributed by atoms with Crippen LogP contribution in [-0.4, -0.2) is 31.4 Å². The molecular weight excluding hydrogens is 356 g/mol. The normalized spacial score (nSPS) is 13.6. The molecule has 3 rings (SSSR count). The number of hydrogen-bond donors (Lipinski definition) is 1. The molecular formula is C19H17ClN2O4. The van der Waals surface area contributed by atoms with Crippen molar-refractivity contribution in [3.05, 3.63) is 58.6 Å². The van der Waals surface area contributed by atoms with Crippen molar-refractivity contribution >= 4 is 40.8 Å². The fraction of sp³-hybridized carbons (Fsp3) is 0.211. The molecule has 0 saturated carbocycles. The van der Waals surface area contributed by atoms with E-state index in [0.717, 1.165) is 6.42 Å². The summed E-state index contributed by atoms with van der Waals surface area (Å²) >= 11 is 6.06. The maximum Gasteiger partial charge on any atom is 0.337 e. The number of anilines is 2. The first-order valence-corrected chi connectivity index (χ1v) is 8.47. The van der Waals surface area contributed by atoms with Crippen molar-refractivity contribution in [1.29, 1.82) is 0 Å². The minimum Gasteiger partial charge on any atom is -0.465 e. The van der Waals surface area contributed by atoms with Crippen LogP contribution in [0.1, 0.15) is 33.6 Å². The lowest BCUT2D eigenvalue weighted by Gasteiger charge is -2.20. The van der Waals surface area contributed by atoms with Gasteiger partial charge < -0.3 is 15.0 Å². The summed E-state index contributed by atoms with van der Waals surface area (Å²) in [5.74, 6) is -0.914. The van der Waals surface area contributed by atoms with Crippen molar-refractivity contribution in [3.63, 3.8) is 0 Å². The molecule has 0 aromatic heterocycles. The molecule has 0 atom stereocenters. The number of ether oxygens (including phenoxy) is 1. The average molecular weight is 373 g/mol. The lowest BCUT2D eigenvalue weighted by Crippen LogP contribution is -2.27. The van der Waals surface area contributed by atoms with Gasteiger partial charge in [-0.1, -0.05) is 17.7 Å². The van der Waals surface area contributed by atoms with Crippen LogP contribution in [0.25, 0.3) is 0 Å². The average Bonchev–Trinajstić information content (AvgIpc) is 3.07.